The molecule has 2 aliphatic heterocycles. The van der Waals surface area contributed by atoms with Crippen molar-refractivity contribution < 1.29 is 74.6 Å². The number of nitrogens with two attached hydrogens (primary N) is 5. The van der Waals surface area contributed by atoms with Crippen LogP contribution in [0.1, 0.15) is 167 Å². The average molecular weight is 1420 g/mol. The molecule has 15 atom stereocenters. The van der Waals surface area contributed by atoms with E-state index in [-0.39, 0.29) is 64.2 Å². The number of piperidine rings is 1. The lowest BCUT2D eigenvalue weighted by Crippen LogP contribution is -2.60. The van der Waals surface area contributed by atoms with E-state index < -0.39 is 57.5 Å². The normalized spacial score (nSPS) is 32.4. The molecule has 0 aromatic carbocycles. The number of aliphatic carboxylic acids is 5. The van der Waals surface area contributed by atoms with Crippen molar-refractivity contribution in [1.29, 1.82) is 0 Å². The third-order valence-electron chi connectivity index (χ3n) is 24.1. The van der Waals surface area contributed by atoms with Gasteiger partial charge in [-0.3, -0.25) is 24.0 Å². The molecule has 25 nitrogen and oxygen atoms in total. The summed E-state index contributed by atoms with van der Waals surface area (Å²) in [6.07, 6.45) is 26.2. The zero-order valence-corrected chi connectivity index (χ0v) is 63.6. The van der Waals surface area contributed by atoms with Gasteiger partial charge >= 0.3 is 29.8 Å². The van der Waals surface area contributed by atoms with Crippen molar-refractivity contribution in [2.75, 3.05) is 93.6 Å². The first-order chi connectivity index (χ1) is 46.8. The van der Waals surface area contributed by atoms with Gasteiger partial charge in [-0.1, -0.05) is 79.6 Å². The lowest BCUT2D eigenvalue weighted by atomic mass is 9.62. The molecule has 21 N–H and O–H groups in total. The van der Waals surface area contributed by atoms with Crippen LogP contribution in [0.2, 0.25) is 65.7 Å². The van der Waals surface area contributed by atoms with Gasteiger partial charge in [-0.2, -0.15) is 0 Å². The number of hydrogen-bond acceptors (Lipinski definition) is 20. The molecule has 0 aromatic heterocycles. The minimum Gasteiger partial charge on any atom is -0.480 e. The molecular formula is C70H141B5N10O15. The molecule has 100 heavy (non-hydrogen) atoms. The largest absolute Gasteiger partial charge is 0.480 e. The average Bonchev–Trinajstić information content (AvgIpc) is 0.949. The minimum atomic E-state index is -1.12. The molecule has 0 radical (unpaired) electrons. The molecule has 5 saturated carbocycles. The van der Waals surface area contributed by atoms with E-state index in [1.807, 2.05) is 33.1 Å². The van der Waals surface area contributed by atoms with E-state index >= 15 is 0 Å². The zero-order chi connectivity index (χ0) is 75.3. The van der Waals surface area contributed by atoms with Crippen LogP contribution >= 0.6 is 0 Å². The molecular weight excluding hydrogens is 1270 g/mol. The van der Waals surface area contributed by atoms with Crippen LogP contribution in [0.4, 0.5) is 0 Å². The number of rotatable bonds is 31. The number of carboxylic acid groups (broad SMARTS) is 5. The summed E-state index contributed by atoms with van der Waals surface area (Å²) in [5.41, 5.74) is 25.7. The maximum atomic E-state index is 11.8. The van der Waals surface area contributed by atoms with Crippen LogP contribution in [-0.2, 0) is 24.0 Å². The molecule has 5 aliphatic carbocycles. The van der Waals surface area contributed by atoms with Crippen LogP contribution in [0, 0.1) is 59.2 Å². The summed E-state index contributed by atoms with van der Waals surface area (Å²) in [6, 6.07) is 0. The quantitative estimate of drug-likeness (QED) is 0.0394. The van der Waals surface area contributed by atoms with Crippen LogP contribution in [0.3, 0.4) is 0 Å². The summed E-state index contributed by atoms with van der Waals surface area (Å²) >= 11 is 0. The van der Waals surface area contributed by atoms with Gasteiger partial charge in [-0.25, -0.2) is 0 Å². The third kappa shape index (κ3) is 29.8. The number of hydrogen-bond donors (Lipinski definition) is 16. The molecule has 7 aliphatic rings. The van der Waals surface area contributed by atoms with Gasteiger partial charge in [0.05, 0.1) is 0 Å². The zero-order valence-electron chi connectivity index (χ0n) is 63.6. The van der Waals surface area contributed by atoms with Crippen molar-refractivity contribution in [1.82, 2.24) is 24.9 Å². The van der Waals surface area contributed by atoms with E-state index in [9.17, 15) is 74.6 Å². The summed E-state index contributed by atoms with van der Waals surface area (Å²) in [4.78, 5) is 67.1. The summed E-state index contributed by atoms with van der Waals surface area (Å²) in [5, 5.41) is 97.7. The molecule has 30 heteroatoms. The van der Waals surface area contributed by atoms with Crippen molar-refractivity contribution in [2.45, 2.75) is 261 Å². The van der Waals surface area contributed by atoms with Crippen LogP contribution in [0.15, 0.2) is 0 Å². The fourth-order valence-electron chi connectivity index (χ4n) is 17.4. The predicted molar refractivity (Wildman–Crippen MR) is 405 cm³/mol. The molecule has 0 unspecified atom stereocenters. The van der Waals surface area contributed by atoms with E-state index in [0.29, 0.717) is 74.8 Å². The van der Waals surface area contributed by atoms with E-state index in [4.69, 9.17) is 28.7 Å². The van der Waals surface area contributed by atoms with Crippen molar-refractivity contribution in [3.8, 4) is 0 Å². The second-order valence-corrected chi connectivity index (χ2v) is 33.1. The molecule has 2 saturated heterocycles. The van der Waals surface area contributed by atoms with E-state index in [1.54, 1.807) is 34.1 Å². The van der Waals surface area contributed by atoms with Gasteiger partial charge in [0.2, 0.25) is 0 Å². The standard InChI is InChI=1S/C16H31BN2O3.C15H29BN2O3.C14H29BN2O3.C13H27BN2O3.C12H25BN2O3/c1-17(22)8-7-13-5-6-14(16(18,11-13)15(20)21)12-19-9-3-2-4-10-19;1-16(21)7-6-12-4-5-13(11-18-8-2-3-9-18)15(17,10-12)14(19)20;1-4-17(3)10-12-6-5-11(7-8-15(2)20)9-14(12,16)13(18)19;1-14(19)7-6-10-4-5-11(9-16(2)3)13(15,8-10)12(17)18;1-13(18)6-5-9-3-4-10(8-15-2)12(14,7-9)11(16)17/h13-14,22H,2-12,18H2,1H3,(H,20,21);12-13,21H,2-11,17H2,1H3,(H,19,20);11-12,20H,4-10,16H2,1-3H3,(H,18,19);10-11,19H,4-9,15H2,1-3H3,(H,17,18);9-10,15,18H,3-8,14H2,1-2H3,(H,16,17)/t13-,14-,16+;12-,13-,15+;11-,12-,14+;10-,11-,13+;9-,10-,12+/m00000/s1. The van der Waals surface area contributed by atoms with Crippen LogP contribution in [0.25, 0.3) is 0 Å². The molecule has 0 aromatic rings. The number of likely N-dealkylation sites (tertiary alicyclic amines) is 2. The Hall–Kier alpha value is -2.93. The first-order valence-electron chi connectivity index (χ1n) is 38.7. The molecule has 0 spiro atoms. The Morgan fingerprint density at radius 1 is 0.400 bits per heavy atom. The Balaban J connectivity index is 0.000000326. The maximum absolute atomic E-state index is 11.8. The van der Waals surface area contributed by atoms with Crippen molar-refractivity contribution >= 4 is 64.4 Å². The van der Waals surface area contributed by atoms with Crippen molar-refractivity contribution in [2.24, 2.45) is 87.8 Å². The highest BCUT2D eigenvalue weighted by Gasteiger charge is 2.52. The van der Waals surface area contributed by atoms with E-state index in [1.165, 1.54) is 32.1 Å². The third-order valence-corrected chi connectivity index (χ3v) is 24.1. The van der Waals surface area contributed by atoms with Crippen molar-refractivity contribution in [3.05, 3.63) is 0 Å². The number of carbonyl (C=O) groups is 5. The smallest absolute Gasteiger partial charge is 0.324 e. The molecule has 0 bridgehead atoms. The highest BCUT2D eigenvalue weighted by Crippen LogP contribution is 2.44. The molecule has 0 amide bonds. The molecule has 576 valence electrons. The highest BCUT2D eigenvalue weighted by molar-refractivity contribution is 6.49. The Bertz CT molecular complexity index is 2400. The van der Waals surface area contributed by atoms with Gasteiger partial charge in [-0.15, -0.1) is 0 Å². The van der Waals surface area contributed by atoms with Crippen molar-refractivity contribution in [3.63, 3.8) is 0 Å². The predicted octanol–water partition coefficient (Wildman–Crippen LogP) is 5.26. The number of carboxylic acids is 5. The second kappa shape index (κ2) is 44.3. The van der Waals surface area contributed by atoms with Gasteiger partial charge in [0.15, 0.2) is 0 Å². The maximum Gasteiger partial charge on any atom is 0.324 e. The summed E-state index contributed by atoms with van der Waals surface area (Å²) in [6.45, 7) is 18.3. The van der Waals surface area contributed by atoms with Crippen LogP contribution in [0.5, 0.6) is 0 Å². The van der Waals surface area contributed by atoms with Gasteiger partial charge in [-0.05, 0) is 251 Å². The lowest BCUT2D eigenvalue weighted by Gasteiger charge is -2.44. The van der Waals surface area contributed by atoms with Gasteiger partial charge in [0.1, 0.15) is 27.7 Å². The van der Waals surface area contributed by atoms with E-state index in [2.05, 4.69) is 26.9 Å². The Labute approximate surface area is 603 Å². The monoisotopic (exact) mass is 1420 g/mol. The summed E-state index contributed by atoms with van der Waals surface area (Å²) in [5.74, 6) is -2.68. The Morgan fingerprint density at radius 3 is 0.890 bits per heavy atom. The topological polar surface area (TPSA) is 443 Å². The minimum absolute atomic E-state index is 0.00259. The molecule has 7 rings (SSSR count). The summed E-state index contributed by atoms with van der Waals surface area (Å²) in [7, 11) is 7.72. The highest BCUT2D eigenvalue weighted by atomic mass is 16.4. The summed E-state index contributed by atoms with van der Waals surface area (Å²) < 4.78 is 0. The number of nitrogens with one attached hydrogen (secondary N) is 1. The Kier molecular flexibility index (Phi) is 40.4. The second-order valence-electron chi connectivity index (χ2n) is 33.1. The fraction of sp³-hybridized carbons (Fsp3) is 0.929. The molecule has 7 fully saturated rings. The van der Waals surface area contributed by atoms with Gasteiger partial charge in [0, 0.05) is 55.8 Å². The van der Waals surface area contributed by atoms with E-state index in [0.717, 1.165) is 180 Å². The SMILES string of the molecule is CB(O)CC[C@@H]1CC[C@@H](CN(C)C)[C@@](N)(C(=O)O)C1.CB(O)CC[C@@H]1CC[C@@H](CN2CCCC2)[C@@](N)(C(=O)O)C1.CB(O)CC[C@@H]1CC[C@@H](CN2CCCCC2)[C@@](N)(C(=O)O)C1.CCN(C)C[C@@H]1CC[C@@H](CCB(C)O)C[C@]1(N)C(=O)O.CNC[C@@H]1CC[C@@H](CCB(C)O)C[C@]1(N)C(=O)O. The van der Waals surface area contributed by atoms with Crippen LogP contribution in [-0.4, -0.2) is 256 Å². The fourth-order valence-corrected chi connectivity index (χ4v) is 17.4. The van der Waals surface area contributed by atoms with Gasteiger partial charge < -0.3 is 104 Å². The first-order valence-corrected chi connectivity index (χ1v) is 38.7. The van der Waals surface area contributed by atoms with Gasteiger partial charge in [0.25, 0.3) is 34.6 Å². The Morgan fingerprint density at radius 2 is 0.640 bits per heavy atom. The van der Waals surface area contributed by atoms with Crippen LogP contribution < -0.4 is 34.0 Å². The molecule has 2 heterocycles. The number of nitrogens with zero attached hydrogens (tertiary/aromatic N) is 4. The lowest BCUT2D eigenvalue weighted by molar-refractivity contribution is -0.149. The first kappa shape index (κ1) is 91.3.